The van der Waals surface area contributed by atoms with Gasteiger partial charge in [-0.25, -0.2) is 4.79 Å². The predicted molar refractivity (Wildman–Crippen MR) is 106 cm³/mol. The van der Waals surface area contributed by atoms with Crippen LogP contribution in [-0.4, -0.2) is 35.0 Å². The van der Waals surface area contributed by atoms with Gasteiger partial charge in [-0.05, 0) is 75.0 Å². The highest BCUT2D eigenvalue weighted by Gasteiger charge is 2.31. The topological polar surface area (TPSA) is 66.8 Å². The smallest absolute Gasteiger partial charge is 0.329 e. The number of aliphatic hydroxyl groups is 1. The lowest BCUT2D eigenvalue weighted by Crippen LogP contribution is -2.31. The molecule has 2 fully saturated rings. The van der Waals surface area contributed by atoms with Crippen LogP contribution >= 0.6 is 0 Å². The van der Waals surface area contributed by atoms with Crippen LogP contribution in [0.4, 0.5) is 0 Å². The Morgan fingerprint density at radius 1 is 1.00 bits per heavy atom. The molecule has 2 aliphatic carbocycles. The maximum absolute atomic E-state index is 10.4. The van der Waals surface area contributed by atoms with Gasteiger partial charge in [-0.1, -0.05) is 40.5 Å². The van der Waals surface area contributed by atoms with E-state index in [9.17, 15) is 9.90 Å². The summed E-state index contributed by atoms with van der Waals surface area (Å²) >= 11 is 0. The molecule has 0 bridgehead atoms. The number of rotatable bonds is 5. The molecule has 4 nitrogen and oxygen atoms in total. The lowest BCUT2D eigenvalue weighted by molar-refractivity contribution is -0.145. The molecule has 0 heterocycles. The molecule has 2 aliphatic rings. The van der Waals surface area contributed by atoms with E-state index in [0.29, 0.717) is 22.7 Å². The van der Waals surface area contributed by atoms with Crippen molar-refractivity contribution in [3.63, 3.8) is 0 Å². The van der Waals surface area contributed by atoms with Crippen molar-refractivity contribution in [3.05, 3.63) is 0 Å². The Morgan fingerprint density at radius 3 is 1.85 bits per heavy atom. The number of ether oxygens (including phenoxy) is 1. The van der Waals surface area contributed by atoms with E-state index in [1.807, 2.05) is 13.8 Å². The highest BCUT2D eigenvalue weighted by Crippen LogP contribution is 2.41. The van der Waals surface area contributed by atoms with Crippen LogP contribution in [0.1, 0.15) is 92.9 Å². The summed E-state index contributed by atoms with van der Waals surface area (Å²) in [4.78, 5) is 10.4. The molecule has 154 valence electrons. The number of hydrogen-bond donors (Lipinski definition) is 2. The molecule has 2 N–H and O–H groups in total. The maximum atomic E-state index is 10.4. The van der Waals surface area contributed by atoms with Crippen molar-refractivity contribution in [1.29, 1.82) is 0 Å². The highest BCUT2D eigenvalue weighted by atomic mass is 16.5. The van der Waals surface area contributed by atoms with Crippen molar-refractivity contribution in [2.24, 2.45) is 22.7 Å². The second kappa shape index (κ2) is 10.1. The molecule has 2 saturated carbocycles. The molecule has 0 radical (unpaired) electrons. The van der Waals surface area contributed by atoms with Crippen LogP contribution in [0, 0.1) is 22.7 Å². The molecule has 26 heavy (non-hydrogen) atoms. The normalized spacial score (nSPS) is 29.8. The molecule has 0 aromatic heterocycles. The first-order valence-corrected chi connectivity index (χ1v) is 10.4. The molecule has 2 rings (SSSR count). The second-order valence-corrected chi connectivity index (χ2v) is 10.2. The first kappa shape index (κ1) is 23.4. The summed E-state index contributed by atoms with van der Waals surface area (Å²) in [6.07, 6.45) is 9.84. The highest BCUT2D eigenvalue weighted by molar-refractivity contribution is 5.68. The Labute approximate surface area is 160 Å². The minimum atomic E-state index is -0.878. The molecule has 0 spiro atoms. The molecule has 4 atom stereocenters. The SMILES string of the molecule is CC(O)C1CCCC(C)(C)C1.CC(OCC(=O)O)C1CCCC(C)(C)C1. The molecule has 0 aromatic rings. The van der Waals surface area contributed by atoms with Crippen LogP contribution < -0.4 is 0 Å². The molecular weight excluding hydrogens is 328 g/mol. The Balaban J connectivity index is 0.000000273. The van der Waals surface area contributed by atoms with Crippen LogP contribution in [0.25, 0.3) is 0 Å². The van der Waals surface area contributed by atoms with Gasteiger partial charge in [0.15, 0.2) is 0 Å². The quantitative estimate of drug-likeness (QED) is 0.691. The third kappa shape index (κ3) is 8.85. The van der Waals surface area contributed by atoms with Crippen molar-refractivity contribution < 1.29 is 19.7 Å². The van der Waals surface area contributed by atoms with Crippen LogP contribution in [-0.2, 0) is 9.53 Å². The van der Waals surface area contributed by atoms with Crippen LogP contribution in [0.5, 0.6) is 0 Å². The zero-order valence-corrected chi connectivity index (χ0v) is 17.9. The van der Waals surface area contributed by atoms with Crippen LogP contribution in [0.2, 0.25) is 0 Å². The molecule has 4 heteroatoms. The molecule has 0 aromatic carbocycles. The van der Waals surface area contributed by atoms with Gasteiger partial charge < -0.3 is 14.9 Å². The van der Waals surface area contributed by atoms with Crippen LogP contribution in [0.3, 0.4) is 0 Å². The van der Waals surface area contributed by atoms with Gasteiger partial charge in [-0.15, -0.1) is 0 Å². The fourth-order valence-electron chi connectivity index (χ4n) is 4.66. The van der Waals surface area contributed by atoms with Crippen molar-refractivity contribution in [1.82, 2.24) is 0 Å². The zero-order chi connectivity index (χ0) is 20.0. The average Bonchev–Trinajstić information content (AvgIpc) is 2.51. The average molecular weight is 371 g/mol. The summed E-state index contributed by atoms with van der Waals surface area (Å²) in [6.45, 7) is 12.9. The Hall–Kier alpha value is -0.610. The summed E-state index contributed by atoms with van der Waals surface area (Å²) in [5, 5.41) is 17.9. The molecule has 4 unspecified atom stereocenters. The Morgan fingerprint density at radius 2 is 1.46 bits per heavy atom. The molecule has 0 amide bonds. The largest absolute Gasteiger partial charge is 0.480 e. The summed E-state index contributed by atoms with van der Waals surface area (Å²) in [6, 6.07) is 0. The predicted octanol–water partition coefficient (Wildman–Crippen LogP) is 5.28. The van der Waals surface area contributed by atoms with Gasteiger partial charge in [-0.2, -0.15) is 0 Å². The number of carboxylic acids is 1. The van der Waals surface area contributed by atoms with Crippen molar-refractivity contribution in [2.45, 2.75) is 105 Å². The Kier molecular flexibility index (Phi) is 9.08. The van der Waals surface area contributed by atoms with Gasteiger partial charge >= 0.3 is 5.97 Å². The van der Waals surface area contributed by atoms with E-state index < -0.39 is 5.97 Å². The van der Waals surface area contributed by atoms with Crippen molar-refractivity contribution >= 4 is 5.97 Å². The summed E-state index contributed by atoms with van der Waals surface area (Å²) in [7, 11) is 0. The fraction of sp³-hybridized carbons (Fsp3) is 0.955. The van der Waals surface area contributed by atoms with Gasteiger partial charge in [0, 0.05) is 0 Å². The van der Waals surface area contributed by atoms with Gasteiger partial charge in [-0.3, -0.25) is 0 Å². The Bertz CT molecular complexity index is 428. The first-order chi connectivity index (χ1) is 11.9. The second-order valence-electron chi connectivity index (χ2n) is 10.2. The lowest BCUT2D eigenvalue weighted by atomic mass is 9.71. The first-order valence-electron chi connectivity index (χ1n) is 10.4. The van der Waals surface area contributed by atoms with E-state index in [2.05, 4.69) is 27.7 Å². The van der Waals surface area contributed by atoms with E-state index in [-0.39, 0.29) is 18.8 Å². The number of hydrogen-bond acceptors (Lipinski definition) is 3. The summed E-state index contributed by atoms with van der Waals surface area (Å²) in [5.41, 5.74) is 0.865. The number of aliphatic carboxylic acids is 1. The van der Waals surface area contributed by atoms with Crippen molar-refractivity contribution in [3.8, 4) is 0 Å². The zero-order valence-electron chi connectivity index (χ0n) is 17.9. The van der Waals surface area contributed by atoms with Gasteiger partial charge in [0.1, 0.15) is 6.61 Å². The van der Waals surface area contributed by atoms with Gasteiger partial charge in [0.25, 0.3) is 0 Å². The monoisotopic (exact) mass is 370 g/mol. The number of carbonyl (C=O) groups is 1. The summed E-state index contributed by atoms with van der Waals surface area (Å²) < 4.78 is 5.34. The van der Waals surface area contributed by atoms with E-state index in [0.717, 1.165) is 6.42 Å². The van der Waals surface area contributed by atoms with E-state index in [1.165, 1.54) is 44.9 Å². The van der Waals surface area contributed by atoms with E-state index in [1.54, 1.807) is 0 Å². The summed E-state index contributed by atoms with van der Waals surface area (Å²) in [5.74, 6) is 0.198. The standard InChI is InChI=1S/C12H22O3.C10H20O/c1-9(15-8-11(13)14)10-5-4-6-12(2,3)7-10;1-8(11)9-5-4-6-10(2,3)7-9/h9-10H,4-8H2,1-3H3,(H,13,14);8-9,11H,4-7H2,1-3H3. The minimum absolute atomic E-state index is 0.0701. The molecule has 0 saturated heterocycles. The third-order valence-electron chi connectivity index (χ3n) is 6.30. The maximum Gasteiger partial charge on any atom is 0.329 e. The van der Waals surface area contributed by atoms with Crippen LogP contribution in [0.15, 0.2) is 0 Å². The molecule has 0 aliphatic heterocycles. The molecular formula is C22H42O4. The minimum Gasteiger partial charge on any atom is -0.480 e. The van der Waals surface area contributed by atoms with E-state index in [4.69, 9.17) is 9.84 Å². The van der Waals surface area contributed by atoms with Crippen molar-refractivity contribution in [2.75, 3.05) is 6.61 Å². The number of aliphatic hydroxyl groups excluding tert-OH is 1. The van der Waals surface area contributed by atoms with Gasteiger partial charge in [0.05, 0.1) is 12.2 Å². The number of carboxylic acid groups (broad SMARTS) is 1. The van der Waals surface area contributed by atoms with E-state index >= 15 is 0 Å². The third-order valence-corrected chi connectivity index (χ3v) is 6.30. The van der Waals surface area contributed by atoms with Gasteiger partial charge in [0.2, 0.25) is 0 Å². The fourth-order valence-corrected chi connectivity index (χ4v) is 4.66. The lowest BCUT2D eigenvalue weighted by Gasteiger charge is -2.37.